The van der Waals surface area contributed by atoms with Crippen LogP contribution < -0.4 is 21.1 Å². The molecular formula is C16H21FN4O4S. The maximum absolute atomic E-state index is 14.4. The third kappa shape index (κ3) is 5.02. The molecule has 0 saturated heterocycles. The molecule has 142 valence electrons. The molecule has 2 atom stereocenters. The molecule has 0 bridgehead atoms. The average Bonchev–Trinajstić information content (AvgIpc) is 2.96. The van der Waals surface area contributed by atoms with Gasteiger partial charge >= 0.3 is 6.03 Å². The number of amides is 3. The number of ether oxygens (including phenoxy) is 1. The number of carbonyl (C=O) groups is 2. The van der Waals surface area contributed by atoms with Gasteiger partial charge in [0.1, 0.15) is 16.2 Å². The van der Waals surface area contributed by atoms with E-state index in [-0.39, 0.29) is 36.2 Å². The van der Waals surface area contributed by atoms with Crippen LogP contribution in [0.2, 0.25) is 0 Å². The van der Waals surface area contributed by atoms with Crippen molar-refractivity contribution in [3.63, 3.8) is 0 Å². The lowest BCUT2D eigenvalue weighted by atomic mass is 9.88. The van der Waals surface area contributed by atoms with Gasteiger partial charge in [0.2, 0.25) is 5.88 Å². The Kier molecular flexibility index (Phi) is 6.70. The second-order valence-electron chi connectivity index (χ2n) is 5.83. The van der Waals surface area contributed by atoms with Gasteiger partial charge in [-0.05, 0) is 31.0 Å². The molecule has 1 heterocycles. The smallest absolute Gasteiger partial charge is 0.319 e. The molecule has 10 heteroatoms. The van der Waals surface area contributed by atoms with Gasteiger partial charge in [0.15, 0.2) is 0 Å². The summed E-state index contributed by atoms with van der Waals surface area (Å²) in [6.45, 7) is 1.61. The number of urea groups is 1. The third-order valence-electron chi connectivity index (χ3n) is 3.76. The molecule has 0 saturated carbocycles. The van der Waals surface area contributed by atoms with E-state index in [2.05, 4.69) is 15.0 Å². The van der Waals surface area contributed by atoms with Crippen LogP contribution >= 0.6 is 11.5 Å². The van der Waals surface area contributed by atoms with Crippen molar-refractivity contribution in [1.29, 1.82) is 0 Å². The molecule has 26 heavy (non-hydrogen) atoms. The van der Waals surface area contributed by atoms with Gasteiger partial charge in [-0.1, -0.05) is 18.2 Å². The predicted octanol–water partition coefficient (Wildman–Crippen LogP) is 1.60. The number of rotatable bonds is 8. The molecule has 2 unspecified atom stereocenters. The fourth-order valence-corrected chi connectivity index (χ4v) is 2.98. The molecule has 2 rings (SSSR count). The number of nitrogens with zero attached hydrogens (tertiary/aromatic N) is 1. The van der Waals surface area contributed by atoms with E-state index in [1.54, 1.807) is 18.2 Å². The molecule has 8 nitrogen and oxygen atoms in total. The highest BCUT2D eigenvalue weighted by atomic mass is 32.1. The number of allylic oxidation sites excluding steroid dienone is 3. The van der Waals surface area contributed by atoms with Crippen LogP contribution in [0.25, 0.3) is 0 Å². The molecule has 1 aliphatic rings. The van der Waals surface area contributed by atoms with Gasteiger partial charge in [-0.25, -0.2) is 9.18 Å². The van der Waals surface area contributed by atoms with Crippen LogP contribution in [0.3, 0.4) is 0 Å². The maximum Gasteiger partial charge on any atom is 0.319 e. The Labute approximate surface area is 154 Å². The van der Waals surface area contributed by atoms with Crippen molar-refractivity contribution < 1.29 is 23.8 Å². The Morgan fingerprint density at radius 2 is 2.27 bits per heavy atom. The summed E-state index contributed by atoms with van der Waals surface area (Å²) in [7, 11) is 0. The number of nitrogens with one attached hydrogen (secondary N) is 2. The molecular weight excluding hydrogens is 363 g/mol. The van der Waals surface area contributed by atoms with E-state index in [1.807, 2.05) is 0 Å². The fourth-order valence-electron chi connectivity index (χ4n) is 2.25. The van der Waals surface area contributed by atoms with Crippen molar-refractivity contribution in [1.82, 2.24) is 9.69 Å². The second kappa shape index (κ2) is 8.77. The summed E-state index contributed by atoms with van der Waals surface area (Å²) in [5.41, 5.74) is 3.72. The molecule has 0 aliphatic heterocycles. The summed E-state index contributed by atoms with van der Waals surface area (Å²) in [6.07, 6.45) is 6.84. The lowest BCUT2D eigenvalue weighted by molar-refractivity contribution is 0.0992. The summed E-state index contributed by atoms with van der Waals surface area (Å²) in [5.74, 6) is -1.42. The van der Waals surface area contributed by atoms with E-state index in [1.165, 1.54) is 13.0 Å². The Morgan fingerprint density at radius 3 is 2.92 bits per heavy atom. The molecule has 0 radical (unpaired) electrons. The molecule has 5 N–H and O–H groups in total. The first kappa shape index (κ1) is 19.9. The van der Waals surface area contributed by atoms with Crippen LogP contribution in [0.15, 0.2) is 24.3 Å². The van der Waals surface area contributed by atoms with Gasteiger partial charge < -0.3 is 20.9 Å². The van der Waals surface area contributed by atoms with E-state index < -0.39 is 23.5 Å². The lowest BCUT2D eigenvalue weighted by Crippen LogP contribution is -2.32. The summed E-state index contributed by atoms with van der Waals surface area (Å²) in [4.78, 5) is 23.5. The van der Waals surface area contributed by atoms with Crippen LogP contribution in [0.5, 0.6) is 5.88 Å². The van der Waals surface area contributed by atoms with Crippen molar-refractivity contribution in [2.45, 2.75) is 19.0 Å². The quantitative estimate of drug-likeness (QED) is 0.506. The molecule has 0 spiro atoms. The highest BCUT2D eigenvalue weighted by molar-refractivity contribution is 7.11. The minimum atomic E-state index is -1.58. The minimum Gasteiger partial charge on any atom is -0.476 e. The highest BCUT2D eigenvalue weighted by Gasteiger charge is 2.32. The number of aliphatic hydroxyl groups excluding tert-OH is 1. The number of aromatic nitrogens is 1. The Balaban J connectivity index is 2.04. The molecule has 1 aromatic rings. The standard InChI is InChI=1S/C16H21FN4O4S/c1-16(17)6-3-2-5-10(16)9-25-13-11(12(18)23)14(26-21-13)20-15(24)19-7-4-8-22/h2-3,5-6,10,22H,4,7-9H2,1H3,(H2,18,23)(H2,19,20,24). The van der Waals surface area contributed by atoms with Crippen molar-refractivity contribution in [2.75, 3.05) is 25.1 Å². The first-order valence-corrected chi connectivity index (χ1v) is 8.75. The number of alkyl halides is 1. The minimum absolute atomic E-state index is 0.0417. The maximum atomic E-state index is 14.4. The van der Waals surface area contributed by atoms with E-state index in [0.717, 1.165) is 11.5 Å². The number of anilines is 1. The first-order chi connectivity index (χ1) is 12.3. The summed E-state index contributed by atoms with van der Waals surface area (Å²) in [5, 5.41) is 13.8. The van der Waals surface area contributed by atoms with Crippen molar-refractivity contribution >= 4 is 28.5 Å². The monoisotopic (exact) mass is 384 g/mol. The number of hydrogen-bond donors (Lipinski definition) is 4. The highest BCUT2D eigenvalue weighted by Crippen LogP contribution is 2.33. The van der Waals surface area contributed by atoms with Crippen LogP contribution in [0, 0.1) is 5.92 Å². The molecule has 0 aromatic carbocycles. The topological polar surface area (TPSA) is 127 Å². The number of aliphatic hydroxyl groups is 1. The van der Waals surface area contributed by atoms with Gasteiger partial charge in [0, 0.05) is 19.1 Å². The Hall–Kier alpha value is -2.46. The zero-order valence-electron chi connectivity index (χ0n) is 14.2. The predicted molar refractivity (Wildman–Crippen MR) is 96.1 cm³/mol. The lowest BCUT2D eigenvalue weighted by Gasteiger charge is -2.26. The van der Waals surface area contributed by atoms with Crippen LogP contribution in [-0.4, -0.2) is 46.8 Å². The zero-order chi connectivity index (χ0) is 19.2. The summed E-state index contributed by atoms with van der Waals surface area (Å²) < 4.78 is 23.9. The molecule has 3 amide bonds. The van der Waals surface area contributed by atoms with E-state index in [4.69, 9.17) is 15.6 Å². The van der Waals surface area contributed by atoms with Gasteiger partial charge in [0.05, 0.1) is 6.61 Å². The van der Waals surface area contributed by atoms with E-state index >= 15 is 0 Å². The fraction of sp³-hybridized carbons (Fsp3) is 0.438. The van der Waals surface area contributed by atoms with E-state index in [9.17, 15) is 14.0 Å². The third-order valence-corrected chi connectivity index (χ3v) is 4.50. The van der Waals surface area contributed by atoms with E-state index in [0.29, 0.717) is 6.42 Å². The number of carbonyl (C=O) groups excluding carboxylic acids is 2. The number of primary amides is 1. The molecule has 1 aromatic heterocycles. The van der Waals surface area contributed by atoms with Crippen molar-refractivity contribution in [3.8, 4) is 5.88 Å². The SMILES string of the molecule is CC1(F)C=CC=CC1COc1nsc(NC(=O)NCCCO)c1C(N)=O. The van der Waals surface area contributed by atoms with Crippen molar-refractivity contribution in [3.05, 3.63) is 29.9 Å². The van der Waals surface area contributed by atoms with Crippen LogP contribution in [0.4, 0.5) is 14.2 Å². The Bertz CT molecular complexity index is 717. The largest absolute Gasteiger partial charge is 0.476 e. The summed E-state index contributed by atoms with van der Waals surface area (Å²) in [6, 6.07) is -0.562. The van der Waals surface area contributed by atoms with Gasteiger partial charge in [-0.2, -0.15) is 4.37 Å². The van der Waals surface area contributed by atoms with Crippen LogP contribution in [0.1, 0.15) is 23.7 Å². The van der Waals surface area contributed by atoms with Gasteiger partial charge in [-0.3, -0.25) is 10.1 Å². The molecule has 1 aliphatic carbocycles. The average molecular weight is 384 g/mol. The summed E-state index contributed by atoms with van der Waals surface area (Å²) >= 11 is 0.836. The Morgan fingerprint density at radius 1 is 1.50 bits per heavy atom. The number of halogens is 1. The molecule has 0 fully saturated rings. The zero-order valence-corrected chi connectivity index (χ0v) is 15.0. The normalized spacial score (nSPS) is 21.4. The van der Waals surface area contributed by atoms with Gasteiger partial charge in [0.25, 0.3) is 5.91 Å². The number of nitrogens with two attached hydrogens (primary N) is 1. The van der Waals surface area contributed by atoms with Crippen molar-refractivity contribution in [2.24, 2.45) is 11.7 Å². The first-order valence-electron chi connectivity index (χ1n) is 7.98. The van der Waals surface area contributed by atoms with Crippen LogP contribution in [-0.2, 0) is 0 Å². The second-order valence-corrected chi connectivity index (χ2v) is 6.60. The number of hydrogen-bond acceptors (Lipinski definition) is 6. The van der Waals surface area contributed by atoms with Gasteiger partial charge in [-0.15, -0.1) is 0 Å².